The Hall–Kier alpha value is -0.610. The molecule has 1 saturated heterocycles. The Kier molecular flexibility index (Phi) is 4.85. The fraction of sp³-hybridized carbons (Fsp3) is 0.933. The van der Waals surface area contributed by atoms with Crippen molar-refractivity contribution in [3.63, 3.8) is 0 Å². The van der Waals surface area contributed by atoms with Crippen LogP contribution in [-0.4, -0.2) is 46.3 Å². The number of nitrogens with zero attached hydrogens (tertiary/aromatic N) is 1. The Labute approximate surface area is 115 Å². The summed E-state index contributed by atoms with van der Waals surface area (Å²) >= 11 is 0. The van der Waals surface area contributed by atoms with Crippen molar-refractivity contribution >= 4 is 5.97 Å². The van der Waals surface area contributed by atoms with Gasteiger partial charge in [0.2, 0.25) is 0 Å². The van der Waals surface area contributed by atoms with Gasteiger partial charge in [0.05, 0.1) is 11.5 Å². The van der Waals surface area contributed by atoms with Gasteiger partial charge in [-0.05, 0) is 45.2 Å². The molecule has 0 spiro atoms. The van der Waals surface area contributed by atoms with Gasteiger partial charge in [-0.15, -0.1) is 0 Å². The van der Waals surface area contributed by atoms with Crippen molar-refractivity contribution in [2.45, 2.75) is 70.4 Å². The minimum atomic E-state index is -0.627. The highest BCUT2D eigenvalue weighted by Gasteiger charge is 2.42. The molecule has 2 N–H and O–H groups in total. The number of hydrogen-bond acceptors (Lipinski definition) is 3. The standard InChI is InChI=1S/C15H27NO3/c1-2-7-15(14(18)19)8-10-16(11-9-15)12-5-3-4-6-13(12)17/h12-13,17H,2-11H2,1H3,(H,18,19). The van der Waals surface area contributed by atoms with E-state index in [0.29, 0.717) is 0 Å². The Morgan fingerprint density at radius 2 is 1.89 bits per heavy atom. The van der Waals surface area contributed by atoms with Crippen molar-refractivity contribution in [2.75, 3.05) is 13.1 Å². The number of likely N-dealkylation sites (tertiary alicyclic amines) is 1. The molecule has 19 heavy (non-hydrogen) atoms. The Morgan fingerprint density at radius 1 is 1.26 bits per heavy atom. The van der Waals surface area contributed by atoms with Crippen molar-refractivity contribution in [2.24, 2.45) is 5.41 Å². The summed E-state index contributed by atoms with van der Waals surface area (Å²) in [6.07, 6.45) is 7.25. The van der Waals surface area contributed by atoms with Gasteiger partial charge in [0.25, 0.3) is 0 Å². The first-order valence-electron chi connectivity index (χ1n) is 7.74. The summed E-state index contributed by atoms with van der Waals surface area (Å²) in [7, 11) is 0. The Balaban J connectivity index is 1.95. The molecule has 0 aromatic carbocycles. The maximum atomic E-state index is 11.5. The third kappa shape index (κ3) is 3.11. The van der Waals surface area contributed by atoms with Crippen molar-refractivity contribution < 1.29 is 15.0 Å². The van der Waals surface area contributed by atoms with Crippen LogP contribution in [0.5, 0.6) is 0 Å². The maximum Gasteiger partial charge on any atom is 0.309 e. The van der Waals surface area contributed by atoms with Crippen LogP contribution in [0.4, 0.5) is 0 Å². The van der Waals surface area contributed by atoms with Crippen LogP contribution in [0.15, 0.2) is 0 Å². The van der Waals surface area contributed by atoms with Crippen molar-refractivity contribution in [3.05, 3.63) is 0 Å². The van der Waals surface area contributed by atoms with E-state index in [1.54, 1.807) is 0 Å². The zero-order chi connectivity index (χ0) is 13.9. The highest BCUT2D eigenvalue weighted by atomic mass is 16.4. The molecular weight excluding hydrogens is 242 g/mol. The van der Waals surface area contributed by atoms with E-state index in [1.807, 2.05) is 0 Å². The smallest absolute Gasteiger partial charge is 0.309 e. The number of rotatable bonds is 4. The summed E-state index contributed by atoms with van der Waals surface area (Å²) in [4.78, 5) is 13.9. The summed E-state index contributed by atoms with van der Waals surface area (Å²) in [5.74, 6) is -0.627. The molecule has 4 nitrogen and oxygen atoms in total. The molecule has 2 aliphatic rings. The number of hydrogen-bond donors (Lipinski definition) is 2. The van der Waals surface area contributed by atoms with Gasteiger partial charge in [0.15, 0.2) is 0 Å². The molecule has 2 atom stereocenters. The summed E-state index contributed by atoms with van der Waals surface area (Å²) in [5.41, 5.74) is -0.509. The van der Waals surface area contributed by atoms with Crippen molar-refractivity contribution in [3.8, 4) is 0 Å². The van der Waals surface area contributed by atoms with E-state index in [-0.39, 0.29) is 12.1 Å². The van der Waals surface area contributed by atoms with Gasteiger partial charge >= 0.3 is 5.97 Å². The van der Waals surface area contributed by atoms with Gasteiger partial charge in [0.1, 0.15) is 0 Å². The lowest BCUT2D eigenvalue weighted by Gasteiger charge is -2.44. The molecule has 2 rings (SSSR count). The van der Waals surface area contributed by atoms with Crippen molar-refractivity contribution in [1.29, 1.82) is 0 Å². The van der Waals surface area contributed by atoms with Crippen LogP contribution in [0, 0.1) is 5.41 Å². The molecule has 4 heteroatoms. The molecule has 2 fully saturated rings. The highest BCUT2D eigenvalue weighted by Crippen LogP contribution is 2.38. The minimum absolute atomic E-state index is 0.211. The zero-order valence-corrected chi connectivity index (χ0v) is 12.0. The average molecular weight is 269 g/mol. The Morgan fingerprint density at radius 3 is 2.42 bits per heavy atom. The lowest BCUT2D eigenvalue weighted by molar-refractivity contribution is -0.153. The Bertz CT molecular complexity index is 311. The van der Waals surface area contributed by atoms with Gasteiger partial charge in [-0.1, -0.05) is 26.2 Å². The van der Waals surface area contributed by atoms with E-state index in [9.17, 15) is 15.0 Å². The summed E-state index contributed by atoms with van der Waals surface area (Å²) in [6.45, 7) is 3.71. The van der Waals surface area contributed by atoms with E-state index < -0.39 is 11.4 Å². The second-order valence-corrected chi connectivity index (χ2v) is 6.29. The predicted octanol–water partition coefficient (Wildman–Crippen LogP) is 2.26. The molecular formula is C15H27NO3. The second kappa shape index (κ2) is 6.23. The minimum Gasteiger partial charge on any atom is -0.481 e. The summed E-state index contributed by atoms with van der Waals surface area (Å²) < 4.78 is 0. The lowest BCUT2D eigenvalue weighted by atomic mass is 9.74. The molecule has 0 aromatic heterocycles. The third-order valence-corrected chi connectivity index (χ3v) is 5.10. The molecule has 1 aliphatic carbocycles. The summed E-state index contributed by atoms with van der Waals surface area (Å²) in [6, 6.07) is 0.266. The highest BCUT2D eigenvalue weighted by molar-refractivity contribution is 5.74. The lowest BCUT2D eigenvalue weighted by Crippen LogP contribution is -2.52. The molecule has 1 heterocycles. The molecule has 2 unspecified atom stereocenters. The van der Waals surface area contributed by atoms with Gasteiger partial charge in [-0.3, -0.25) is 9.69 Å². The first-order valence-corrected chi connectivity index (χ1v) is 7.74. The number of carbonyl (C=O) groups is 1. The number of piperidine rings is 1. The van der Waals surface area contributed by atoms with Crippen LogP contribution < -0.4 is 0 Å². The first-order chi connectivity index (χ1) is 9.09. The van der Waals surface area contributed by atoms with Crippen LogP contribution in [-0.2, 0) is 4.79 Å². The molecule has 1 saturated carbocycles. The van der Waals surface area contributed by atoms with Crippen LogP contribution in [0.2, 0.25) is 0 Å². The maximum absolute atomic E-state index is 11.5. The van der Waals surface area contributed by atoms with Crippen LogP contribution in [0.3, 0.4) is 0 Å². The monoisotopic (exact) mass is 269 g/mol. The number of aliphatic carboxylic acids is 1. The quantitative estimate of drug-likeness (QED) is 0.822. The van der Waals surface area contributed by atoms with Gasteiger partial charge in [0, 0.05) is 6.04 Å². The number of aliphatic hydroxyl groups is 1. The molecule has 1 aliphatic heterocycles. The molecule has 0 bridgehead atoms. The largest absolute Gasteiger partial charge is 0.481 e. The fourth-order valence-electron chi connectivity index (χ4n) is 3.85. The first kappa shape index (κ1) is 14.8. The zero-order valence-electron chi connectivity index (χ0n) is 12.0. The fourth-order valence-corrected chi connectivity index (χ4v) is 3.85. The van der Waals surface area contributed by atoms with E-state index in [0.717, 1.165) is 58.0 Å². The molecule has 0 radical (unpaired) electrons. The van der Waals surface area contributed by atoms with Gasteiger partial charge in [-0.2, -0.15) is 0 Å². The number of aliphatic hydroxyl groups excluding tert-OH is 1. The summed E-state index contributed by atoms with van der Waals surface area (Å²) in [5, 5.41) is 19.6. The van der Waals surface area contributed by atoms with Gasteiger partial charge < -0.3 is 10.2 Å². The van der Waals surface area contributed by atoms with E-state index >= 15 is 0 Å². The van der Waals surface area contributed by atoms with Crippen LogP contribution in [0.1, 0.15) is 58.3 Å². The van der Waals surface area contributed by atoms with Crippen LogP contribution in [0.25, 0.3) is 0 Å². The molecule has 0 aromatic rings. The molecule has 110 valence electrons. The van der Waals surface area contributed by atoms with E-state index in [2.05, 4.69) is 11.8 Å². The third-order valence-electron chi connectivity index (χ3n) is 5.10. The van der Waals surface area contributed by atoms with Crippen molar-refractivity contribution in [1.82, 2.24) is 4.90 Å². The van der Waals surface area contributed by atoms with E-state index in [4.69, 9.17) is 0 Å². The molecule has 0 amide bonds. The second-order valence-electron chi connectivity index (χ2n) is 6.29. The SMILES string of the molecule is CCCC1(C(=O)O)CCN(C2CCCCC2O)CC1. The topological polar surface area (TPSA) is 60.8 Å². The normalized spacial score (nSPS) is 32.1. The van der Waals surface area contributed by atoms with Gasteiger partial charge in [-0.25, -0.2) is 0 Å². The predicted molar refractivity (Wildman–Crippen MR) is 74.0 cm³/mol. The number of carboxylic acids is 1. The number of carboxylic acid groups (broad SMARTS) is 1. The van der Waals surface area contributed by atoms with E-state index in [1.165, 1.54) is 6.42 Å². The van der Waals surface area contributed by atoms with Crippen LogP contribution >= 0.6 is 0 Å². The average Bonchev–Trinajstić information content (AvgIpc) is 2.40.